The molecular formula is C22H23FN2O3S. The highest BCUT2D eigenvalue weighted by atomic mass is 32.2. The molecule has 0 bridgehead atoms. The Kier molecular flexibility index (Phi) is 5.41. The van der Waals surface area contributed by atoms with Crippen molar-refractivity contribution in [2.45, 2.75) is 48.9 Å². The smallest absolute Gasteiger partial charge is 0.240 e. The van der Waals surface area contributed by atoms with Crippen LogP contribution in [0.5, 0.6) is 0 Å². The number of halogens is 1. The van der Waals surface area contributed by atoms with Crippen LogP contribution in [0, 0.1) is 5.82 Å². The van der Waals surface area contributed by atoms with E-state index in [1.807, 2.05) is 0 Å². The lowest BCUT2D eigenvalue weighted by Crippen LogP contribution is -2.35. The van der Waals surface area contributed by atoms with Crippen LogP contribution >= 0.6 is 0 Å². The van der Waals surface area contributed by atoms with Gasteiger partial charge in [0.25, 0.3) is 0 Å². The first kappa shape index (κ1) is 19.6. The highest BCUT2D eigenvalue weighted by Crippen LogP contribution is 2.28. The molecule has 2 aromatic carbocycles. The zero-order valence-electron chi connectivity index (χ0n) is 16.0. The van der Waals surface area contributed by atoms with Gasteiger partial charge in [-0.1, -0.05) is 49.2 Å². The minimum absolute atomic E-state index is 0.0478. The van der Waals surface area contributed by atoms with Crippen molar-refractivity contribution in [3.8, 4) is 0 Å². The Morgan fingerprint density at radius 2 is 1.76 bits per heavy atom. The van der Waals surface area contributed by atoms with Gasteiger partial charge in [-0.3, -0.25) is 4.79 Å². The summed E-state index contributed by atoms with van der Waals surface area (Å²) >= 11 is 0. The number of benzene rings is 2. The molecule has 3 aromatic rings. The van der Waals surface area contributed by atoms with E-state index in [4.69, 9.17) is 0 Å². The van der Waals surface area contributed by atoms with Crippen molar-refractivity contribution in [3.63, 3.8) is 0 Å². The molecule has 1 amide bonds. The zero-order valence-corrected chi connectivity index (χ0v) is 16.8. The highest BCUT2D eigenvalue weighted by molar-refractivity contribution is 7.90. The first-order valence-electron chi connectivity index (χ1n) is 9.77. The van der Waals surface area contributed by atoms with Crippen molar-refractivity contribution >= 4 is 26.6 Å². The summed E-state index contributed by atoms with van der Waals surface area (Å²) in [5.41, 5.74) is 0.796. The van der Waals surface area contributed by atoms with E-state index in [0.29, 0.717) is 10.9 Å². The predicted molar refractivity (Wildman–Crippen MR) is 110 cm³/mol. The molecule has 1 aliphatic rings. The molecule has 0 unspecified atom stereocenters. The number of carbonyl (C=O) groups is 1. The number of carbonyl (C=O) groups excluding carboxylic acids is 1. The van der Waals surface area contributed by atoms with Crippen LogP contribution in [0.2, 0.25) is 0 Å². The maximum Gasteiger partial charge on any atom is 0.240 e. The van der Waals surface area contributed by atoms with Crippen molar-refractivity contribution in [1.29, 1.82) is 0 Å². The fourth-order valence-electron chi connectivity index (χ4n) is 3.99. The number of hydrogen-bond donors (Lipinski definition) is 1. The largest absolute Gasteiger partial charge is 0.352 e. The lowest BCUT2D eigenvalue weighted by molar-refractivity contribution is -0.122. The Bertz CT molecular complexity index is 1150. The van der Waals surface area contributed by atoms with Crippen LogP contribution in [-0.2, 0) is 26.9 Å². The van der Waals surface area contributed by atoms with Crippen LogP contribution in [0.3, 0.4) is 0 Å². The van der Waals surface area contributed by atoms with Gasteiger partial charge in [0.2, 0.25) is 5.91 Å². The molecule has 1 fully saturated rings. The summed E-state index contributed by atoms with van der Waals surface area (Å²) in [6.45, 7) is 0.0478. The summed E-state index contributed by atoms with van der Waals surface area (Å²) in [6, 6.07) is 13.1. The van der Waals surface area contributed by atoms with E-state index in [2.05, 4.69) is 5.32 Å². The molecular weight excluding hydrogens is 391 g/mol. The Morgan fingerprint density at radius 3 is 2.52 bits per heavy atom. The monoisotopic (exact) mass is 414 g/mol. The van der Waals surface area contributed by atoms with Gasteiger partial charge in [0.05, 0.1) is 10.6 Å². The third-order valence-electron chi connectivity index (χ3n) is 5.42. The van der Waals surface area contributed by atoms with Crippen LogP contribution in [0.4, 0.5) is 4.39 Å². The van der Waals surface area contributed by atoms with Crippen LogP contribution in [0.25, 0.3) is 10.9 Å². The number of nitrogens with one attached hydrogen (secondary N) is 1. The van der Waals surface area contributed by atoms with Gasteiger partial charge < -0.3 is 9.88 Å². The third kappa shape index (κ3) is 4.19. The summed E-state index contributed by atoms with van der Waals surface area (Å²) in [6.07, 6.45) is 5.71. The molecule has 0 radical (unpaired) electrons. The van der Waals surface area contributed by atoms with Crippen molar-refractivity contribution in [2.75, 3.05) is 0 Å². The van der Waals surface area contributed by atoms with Gasteiger partial charge in [-0.15, -0.1) is 0 Å². The van der Waals surface area contributed by atoms with Gasteiger partial charge in [-0.05, 0) is 25.0 Å². The van der Waals surface area contributed by atoms with Crippen LogP contribution in [0.15, 0.2) is 59.6 Å². The molecule has 1 aliphatic carbocycles. The van der Waals surface area contributed by atoms with E-state index in [0.717, 1.165) is 25.7 Å². The molecule has 1 saturated carbocycles. The fraction of sp³-hybridized carbons (Fsp3) is 0.318. The molecule has 4 rings (SSSR count). The summed E-state index contributed by atoms with van der Waals surface area (Å²) < 4.78 is 41.8. The summed E-state index contributed by atoms with van der Waals surface area (Å²) in [5, 5.41) is 3.57. The minimum atomic E-state index is -3.79. The standard InChI is InChI=1S/C22H23FN2O3S/c23-19-11-5-1-7-16(19)15-29(27,28)21-13-25(20-12-6-4-10-18(20)21)14-22(26)24-17-8-2-3-9-17/h1,4-7,10-13,17H,2-3,8-9,14-15H2,(H,24,26). The van der Waals surface area contributed by atoms with Crippen LogP contribution < -0.4 is 5.32 Å². The second-order valence-corrected chi connectivity index (χ2v) is 9.50. The van der Waals surface area contributed by atoms with Gasteiger partial charge in [0.15, 0.2) is 9.84 Å². The molecule has 5 nitrogen and oxygen atoms in total. The Balaban J connectivity index is 1.65. The van der Waals surface area contributed by atoms with E-state index < -0.39 is 21.4 Å². The highest BCUT2D eigenvalue weighted by Gasteiger charge is 2.24. The maximum absolute atomic E-state index is 14.0. The van der Waals surface area contributed by atoms with E-state index >= 15 is 0 Å². The number of sulfone groups is 1. The Labute approximate surface area is 169 Å². The molecule has 152 valence electrons. The molecule has 29 heavy (non-hydrogen) atoms. The lowest BCUT2D eigenvalue weighted by Gasteiger charge is -2.12. The fourth-order valence-corrected chi connectivity index (χ4v) is 5.58. The van der Waals surface area contributed by atoms with Crippen LogP contribution in [-0.4, -0.2) is 24.9 Å². The lowest BCUT2D eigenvalue weighted by atomic mass is 10.2. The average molecular weight is 415 g/mol. The number of fused-ring (bicyclic) bond motifs is 1. The van der Waals surface area contributed by atoms with E-state index in [1.54, 1.807) is 34.9 Å². The van der Waals surface area contributed by atoms with Crippen molar-refractivity contribution in [1.82, 2.24) is 9.88 Å². The van der Waals surface area contributed by atoms with Gasteiger partial charge in [0.1, 0.15) is 12.4 Å². The second kappa shape index (κ2) is 7.99. The van der Waals surface area contributed by atoms with E-state index in [9.17, 15) is 17.6 Å². The molecule has 0 saturated heterocycles. The number of rotatable bonds is 6. The van der Waals surface area contributed by atoms with Gasteiger partial charge in [-0.2, -0.15) is 0 Å². The van der Waals surface area contributed by atoms with Gasteiger partial charge in [0, 0.05) is 28.7 Å². The number of amides is 1. The first-order valence-corrected chi connectivity index (χ1v) is 11.4. The number of aromatic nitrogens is 1. The summed E-state index contributed by atoms with van der Waals surface area (Å²) in [7, 11) is -3.79. The normalized spacial score (nSPS) is 15.1. The molecule has 0 atom stereocenters. The summed E-state index contributed by atoms with van der Waals surface area (Å²) in [5.74, 6) is -1.10. The first-order chi connectivity index (χ1) is 13.9. The number of hydrogen-bond acceptors (Lipinski definition) is 3. The molecule has 1 N–H and O–H groups in total. The Hall–Kier alpha value is -2.67. The quantitative estimate of drug-likeness (QED) is 0.667. The third-order valence-corrected chi connectivity index (χ3v) is 7.11. The second-order valence-electron chi connectivity index (χ2n) is 7.54. The molecule has 7 heteroatoms. The number of nitrogens with zero attached hydrogens (tertiary/aromatic N) is 1. The molecule has 0 spiro atoms. The number of para-hydroxylation sites is 1. The zero-order chi connectivity index (χ0) is 20.4. The van der Waals surface area contributed by atoms with Crippen molar-refractivity contribution in [3.05, 3.63) is 66.1 Å². The average Bonchev–Trinajstić information content (AvgIpc) is 3.32. The molecule has 1 aromatic heterocycles. The molecule has 0 aliphatic heterocycles. The predicted octanol–water partition coefficient (Wildman–Crippen LogP) is 3.81. The topological polar surface area (TPSA) is 68.2 Å². The van der Waals surface area contributed by atoms with Gasteiger partial charge in [-0.25, -0.2) is 12.8 Å². The van der Waals surface area contributed by atoms with E-state index in [1.165, 1.54) is 24.4 Å². The maximum atomic E-state index is 14.0. The minimum Gasteiger partial charge on any atom is -0.352 e. The van der Waals surface area contributed by atoms with Crippen molar-refractivity contribution in [2.24, 2.45) is 0 Å². The molecule has 1 heterocycles. The van der Waals surface area contributed by atoms with Crippen LogP contribution in [0.1, 0.15) is 31.2 Å². The van der Waals surface area contributed by atoms with E-state index in [-0.39, 0.29) is 29.0 Å². The van der Waals surface area contributed by atoms with Crippen molar-refractivity contribution < 1.29 is 17.6 Å². The van der Waals surface area contributed by atoms with Gasteiger partial charge >= 0.3 is 0 Å². The SMILES string of the molecule is O=C(Cn1cc(S(=O)(=O)Cc2ccccc2F)c2ccccc21)NC1CCCC1. The summed E-state index contributed by atoms with van der Waals surface area (Å²) in [4.78, 5) is 12.6. The Morgan fingerprint density at radius 1 is 1.07 bits per heavy atom.